The second-order valence-corrected chi connectivity index (χ2v) is 11.9. The lowest BCUT2D eigenvalue weighted by molar-refractivity contribution is 0.124. The molecule has 0 saturated heterocycles. The Bertz CT molecular complexity index is 1860. The quantitative estimate of drug-likeness (QED) is 0.181. The molecule has 6 aromatic rings. The van der Waals surface area contributed by atoms with Gasteiger partial charge in [-0.2, -0.15) is 0 Å². The molecule has 0 fully saturated rings. The fourth-order valence-corrected chi connectivity index (χ4v) is 6.25. The lowest BCUT2D eigenvalue weighted by Gasteiger charge is -2.30. The summed E-state index contributed by atoms with van der Waals surface area (Å²) in [6.07, 6.45) is 0. The number of para-hydroxylation sites is 1. The van der Waals surface area contributed by atoms with Gasteiger partial charge in [0.15, 0.2) is 0 Å². The van der Waals surface area contributed by atoms with Gasteiger partial charge in [-0.25, -0.2) is 4.68 Å². The number of aromatic nitrogens is 2. The highest BCUT2D eigenvalue weighted by Gasteiger charge is 2.40. The highest BCUT2D eigenvalue weighted by molar-refractivity contribution is 5.57. The Labute approximate surface area is 271 Å². The fraction of sp³-hybridized carbons (Fsp3) is 0.175. The third kappa shape index (κ3) is 5.87. The predicted molar refractivity (Wildman–Crippen MR) is 188 cm³/mol. The van der Waals surface area contributed by atoms with Crippen molar-refractivity contribution in [3.63, 3.8) is 0 Å². The van der Waals surface area contributed by atoms with Gasteiger partial charge in [-0.3, -0.25) is 9.48 Å². The van der Waals surface area contributed by atoms with Crippen LogP contribution in [0.2, 0.25) is 0 Å². The minimum absolute atomic E-state index is 0.260. The van der Waals surface area contributed by atoms with Crippen molar-refractivity contribution in [3.8, 4) is 5.69 Å². The summed E-state index contributed by atoms with van der Waals surface area (Å²) in [5, 5.41) is 12.9. The van der Waals surface area contributed by atoms with E-state index in [0.717, 1.165) is 30.2 Å². The lowest BCUT2D eigenvalue weighted by atomic mass is 9.80. The Morgan fingerprint density at radius 3 is 1.41 bits per heavy atom. The first-order valence-corrected chi connectivity index (χ1v) is 15.6. The molecule has 1 heterocycles. The highest BCUT2D eigenvalue weighted by atomic mass is 16.3. The molecule has 0 atom stereocenters. The first kappa shape index (κ1) is 30.7. The van der Waals surface area contributed by atoms with E-state index in [2.05, 4.69) is 48.2 Å². The Balaban J connectivity index is 1.42. The molecule has 46 heavy (non-hydrogen) atoms. The standard InChI is InChI=1S/C40H40N4O2/c1-30-38(39(45)44(43(30)4)37-18-12-7-13-19-37)40(46,33-20-24-35(25-21-33)41(2)28-31-14-8-5-9-15-31)34-22-26-36(27-23-34)42(3)29-32-16-10-6-11-17-32/h5-27,46H,28-29H2,1-4H3. The molecule has 5 aromatic carbocycles. The summed E-state index contributed by atoms with van der Waals surface area (Å²) in [4.78, 5) is 18.7. The molecular weight excluding hydrogens is 568 g/mol. The lowest BCUT2D eigenvalue weighted by Crippen LogP contribution is -2.35. The van der Waals surface area contributed by atoms with E-state index in [0.29, 0.717) is 22.4 Å². The van der Waals surface area contributed by atoms with Crippen LogP contribution in [0.4, 0.5) is 11.4 Å². The normalized spacial score (nSPS) is 11.4. The Kier molecular flexibility index (Phi) is 8.64. The van der Waals surface area contributed by atoms with Gasteiger partial charge in [0.05, 0.1) is 11.3 Å². The van der Waals surface area contributed by atoms with Gasteiger partial charge in [-0.05, 0) is 65.6 Å². The second-order valence-electron chi connectivity index (χ2n) is 11.9. The minimum atomic E-state index is -1.70. The zero-order chi connectivity index (χ0) is 32.3. The van der Waals surface area contributed by atoms with Crippen LogP contribution in [0, 0.1) is 6.92 Å². The molecule has 0 radical (unpaired) electrons. The van der Waals surface area contributed by atoms with Crippen molar-refractivity contribution in [1.82, 2.24) is 9.36 Å². The van der Waals surface area contributed by atoms with Crippen LogP contribution in [0.15, 0.2) is 144 Å². The summed E-state index contributed by atoms with van der Waals surface area (Å²) in [6.45, 7) is 3.40. The first-order valence-electron chi connectivity index (χ1n) is 15.6. The maximum absolute atomic E-state index is 14.3. The molecule has 1 aromatic heterocycles. The molecule has 6 heteroatoms. The number of rotatable bonds is 10. The van der Waals surface area contributed by atoms with Gasteiger partial charge in [-0.15, -0.1) is 0 Å². The van der Waals surface area contributed by atoms with Crippen LogP contribution in [-0.2, 0) is 25.7 Å². The van der Waals surface area contributed by atoms with Gasteiger partial charge < -0.3 is 14.9 Å². The minimum Gasteiger partial charge on any atom is -0.376 e. The van der Waals surface area contributed by atoms with Crippen LogP contribution in [0.5, 0.6) is 0 Å². The summed E-state index contributed by atoms with van der Waals surface area (Å²) in [6, 6.07) is 46.0. The van der Waals surface area contributed by atoms with Crippen molar-refractivity contribution in [2.45, 2.75) is 25.6 Å². The van der Waals surface area contributed by atoms with E-state index >= 15 is 0 Å². The third-order valence-corrected chi connectivity index (χ3v) is 8.89. The monoisotopic (exact) mass is 608 g/mol. The molecule has 6 rings (SSSR count). The van der Waals surface area contributed by atoms with Crippen molar-refractivity contribution in [1.29, 1.82) is 0 Å². The van der Waals surface area contributed by atoms with Crippen molar-refractivity contribution < 1.29 is 5.11 Å². The van der Waals surface area contributed by atoms with Crippen LogP contribution in [0.3, 0.4) is 0 Å². The largest absolute Gasteiger partial charge is 0.376 e. The average molecular weight is 609 g/mol. The molecule has 0 amide bonds. The SMILES string of the molecule is Cc1c(C(O)(c2ccc(N(C)Cc3ccccc3)cc2)c2ccc(N(C)Cc3ccccc3)cc2)c(=O)n(-c2ccccc2)n1C. The molecule has 0 aliphatic carbocycles. The van der Waals surface area contributed by atoms with Gasteiger partial charge in [0.25, 0.3) is 5.56 Å². The van der Waals surface area contributed by atoms with Crippen LogP contribution in [0.1, 0.15) is 33.5 Å². The molecule has 0 spiro atoms. The van der Waals surface area contributed by atoms with Crippen LogP contribution < -0.4 is 15.4 Å². The van der Waals surface area contributed by atoms with E-state index in [-0.39, 0.29) is 5.56 Å². The van der Waals surface area contributed by atoms with Gasteiger partial charge >= 0.3 is 0 Å². The first-order chi connectivity index (χ1) is 22.3. The van der Waals surface area contributed by atoms with Crippen molar-refractivity contribution >= 4 is 11.4 Å². The number of nitrogens with zero attached hydrogens (tertiary/aromatic N) is 4. The molecule has 0 saturated carbocycles. The van der Waals surface area contributed by atoms with Gasteiger partial charge in [0.1, 0.15) is 5.60 Å². The average Bonchev–Trinajstić information content (AvgIpc) is 3.32. The fourth-order valence-electron chi connectivity index (χ4n) is 6.25. The summed E-state index contributed by atoms with van der Waals surface area (Å²) >= 11 is 0. The zero-order valence-electron chi connectivity index (χ0n) is 26.8. The Morgan fingerprint density at radius 2 is 1.00 bits per heavy atom. The van der Waals surface area contributed by atoms with Crippen molar-refractivity contribution in [2.75, 3.05) is 23.9 Å². The number of hydrogen-bond acceptors (Lipinski definition) is 4. The van der Waals surface area contributed by atoms with E-state index in [1.54, 1.807) is 4.68 Å². The maximum Gasteiger partial charge on any atom is 0.278 e. The molecule has 0 bridgehead atoms. The molecule has 0 unspecified atom stereocenters. The van der Waals surface area contributed by atoms with E-state index in [4.69, 9.17) is 0 Å². The third-order valence-electron chi connectivity index (χ3n) is 8.89. The topological polar surface area (TPSA) is 53.6 Å². The van der Waals surface area contributed by atoms with Crippen molar-refractivity contribution in [3.05, 3.63) is 183 Å². The molecular formula is C40H40N4O2. The van der Waals surface area contributed by atoms with Crippen LogP contribution in [0.25, 0.3) is 5.69 Å². The number of anilines is 2. The van der Waals surface area contributed by atoms with Gasteiger partial charge in [0, 0.05) is 51.3 Å². The van der Waals surface area contributed by atoms with E-state index in [1.165, 1.54) is 11.1 Å². The van der Waals surface area contributed by atoms with Crippen LogP contribution >= 0.6 is 0 Å². The van der Waals surface area contributed by atoms with Crippen LogP contribution in [-0.4, -0.2) is 28.6 Å². The van der Waals surface area contributed by atoms with E-state index in [1.807, 2.05) is 134 Å². The van der Waals surface area contributed by atoms with Gasteiger partial charge in [-0.1, -0.05) is 103 Å². The molecule has 1 N–H and O–H groups in total. The van der Waals surface area contributed by atoms with E-state index in [9.17, 15) is 9.90 Å². The summed E-state index contributed by atoms with van der Waals surface area (Å²) < 4.78 is 3.45. The highest BCUT2D eigenvalue weighted by Crippen LogP contribution is 2.38. The molecule has 0 aliphatic rings. The van der Waals surface area contributed by atoms with Crippen molar-refractivity contribution in [2.24, 2.45) is 7.05 Å². The summed E-state index contributed by atoms with van der Waals surface area (Å²) in [5.41, 5.74) is 5.49. The zero-order valence-corrected chi connectivity index (χ0v) is 26.8. The number of aliphatic hydroxyl groups is 1. The Morgan fingerprint density at radius 1 is 0.609 bits per heavy atom. The summed E-state index contributed by atoms with van der Waals surface area (Å²) in [7, 11) is 5.97. The molecule has 6 nitrogen and oxygen atoms in total. The number of benzene rings is 5. The Hall–Kier alpha value is -5.33. The summed E-state index contributed by atoms with van der Waals surface area (Å²) in [5.74, 6) is 0. The molecule has 232 valence electrons. The van der Waals surface area contributed by atoms with Gasteiger partial charge in [0.2, 0.25) is 0 Å². The maximum atomic E-state index is 14.3. The van der Waals surface area contributed by atoms with E-state index < -0.39 is 5.60 Å². The number of hydrogen-bond donors (Lipinski definition) is 1. The predicted octanol–water partition coefficient (Wildman–Crippen LogP) is 7.04. The molecule has 0 aliphatic heterocycles. The smallest absolute Gasteiger partial charge is 0.278 e. The second kappa shape index (κ2) is 13.0.